The molecule has 1 unspecified atom stereocenters. The van der Waals surface area contributed by atoms with Crippen LogP contribution in [0.15, 0.2) is 24.3 Å². The van der Waals surface area contributed by atoms with Gasteiger partial charge in [0.2, 0.25) is 11.8 Å². The fraction of sp³-hybridized carbons (Fsp3) is 0.591. The summed E-state index contributed by atoms with van der Waals surface area (Å²) in [6.45, 7) is 7.14. The molecule has 1 aromatic rings. The first-order chi connectivity index (χ1) is 13.9. The maximum atomic E-state index is 13.2. The summed E-state index contributed by atoms with van der Waals surface area (Å²) in [5.74, 6) is -0.324. The molecule has 29 heavy (non-hydrogen) atoms. The van der Waals surface area contributed by atoms with Crippen LogP contribution in [0.1, 0.15) is 56.3 Å². The summed E-state index contributed by atoms with van der Waals surface area (Å²) in [6.07, 6.45) is 3.93. The fourth-order valence-electron chi connectivity index (χ4n) is 4.98. The number of benzene rings is 1. The second-order valence-electron chi connectivity index (χ2n) is 8.54. The van der Waals surface area contributed by atoms with Crippen LogP contribution in [0.25, 0.3) is 0 Å². The SMILES string of the molecule is CCCN1CCC(NC(=O)CN2C(=O)c3ccccc3N3C(=O)CCC23C)CC1. The van der Waals surface area contributed by atoms with E-state index in [1.165, 1.54) is 0 Å². The Morgan fingerprint density at radius 3 is 2.66 bits per heavy atom. The molecule has 2 fully saturated rings. The smallest absolute Gasteiger partial charge is 0.258 e. The number of para-hydroxylation sites is 1. The summed E-state index contributed by atoms with van der Waals surface area (Å²) in [5, 5.41) is 3.12. The van der Waals surface area contributed by atoms with Gasteiger partial charge in [-0.3, -0.25) is 19.3 Å². The Morgan fingerprint density at radius 2 is 1.93 bits per heavy atom. The first-order valence-corrected chi connectivity index (χ1v) is 10.7. The topological polar surface area (TPSA) is 73.0 Å². The van der Waals surface area contributed by atoms with Gasteiger partial charge in [-0.1, -0.05) is 19.1 Å². The second kappa shape index (κ2) is 7.78. The molecule has 156 valence electrons. The molecule has 7 heteroatoms. The van der Waals surface area contributed by atoms with E-state index in [1.54, 1.807) is 21.9 Å². The number of piperidine rings is 1. The third kappa shape index (κ3) is 3.52. The van der Waals surface area contributed by atoms with Crippen molar-refractivity contribution in [3.63, 3.8) is 0 Å². The normalized spacial score (nSPS) is 25.2. The standard InChI is InChI=1S/C22H30N4O3/c1-3-12-24-13-9-16(10-14-24)23-19(27)15-25-21(29)17-6-4-5-7-18(17)26-20(28)8-11-22(25,26)2/h4-7,16H,3,8-15H2,1-2H3,(H,23,27). The lowest BCUT2D eigenvalue weighted by atomic mass is 9.98. The van der Waals surface area contributed by atoms with Crippen LogP contribution in [-0.4, -0.2) is 65.4 Å². The molecule has 3 aliphatic rings. The number of hydrogen-bond donors (Lipinski definition) is 1. The highest BCUT2D eigenvalue weighted by Gasteiger charge is 2.53. The Morgan fingerprint density at radius 1 is 1.21 bits per heavy atom. The van der Waals surface area contributed by atoms with Crippen LogP contribution in [0.5, 0.6) is 0 Å². The monoisotopic (exact) mass is 398 g/mol. The van der Waals surface area contributed by atoms with E-state index in [1.807, 2.05) is 19.1 Å². The van der Waals surface area contributed by atoms with Crippen molar-refractivity contribution in [2.75, 3.05) is 31.1 Å². The minimum atomic E-state index is -0.787. The molecule has 0 saturated carbocycles. The van der Waals surface area contributed by atoms with Gasteiger partial charge >= 0.3 is 0 Å². The van der Waals surface area contributed by atoms with E-state index < -0.39 is 5.66 Å². The molecule has 3 aliphatic heterocycles. The van der Waals surface area contributed by atoms with E-state index in [0.29, 0.717) is 24.1 Å². The molecule has 2 saturated heterocycles. The summed E-state index contributed by atoms with van der Waals surface area (Å²) in [5.41, 5.74) is 0.355. The van der Waals surface area contributed by atoms with Crippen molar-refractivity contribution in [1.82, 2.24) is 15.1 Å². The predicted octanol–water partition coefficient (Wildman–Crippen LogP) is 1.98. The van der Waals surface area contributed by atoms with Crippen LogP contribution in [0.3, 0.4) is 0 Å². The van der Waals surface area contributed by atoms with Gasteiger partial charge in [-0.25, -0.2) is 0 Å². The zero-order valence-corrected chi connectivity index (χ0v) is 17.3. The number of fused-ring (bicyclic) bond motifs is 3. The van der Waals surface area contributed by atoms with E-state index in [4.69, 9.17) is 0 Å². The highest BCUT2D eigenvalue weighted by atomic mass is 16.2. The molecule has 3 amide bonds. The fourth-order valence-corrected chi connectivity index (χ4v) is 4.98. The van der Waals surface area contributed by atoms with Crippen LogP contribution in [-0.2, 0) is 9.59 Å². The van der Waals surface area contributed by atoms with Gasteiger partial charge in [0.15, 0.2) is 0 Å². The van der Waals surface area contributed by atoms with Crippen LogP contribution >= 0.6 is 0 Å². The summed E-state index contributed by atoms with van der Waals surface area (Å²) >= 11 is 0. The average Bonchev–Trinajstić information content (AvgIpc) is 3.02. The Labute approximate surface area is 172 Å². The van der Waals surface area contributed by atoms with Gasteiger partial charge in [-0.2, -0.15) is 0 Å². The highest BCUT2D eigenvalue weighted by molar-refractivity contribution is 6.11. The van der Waals surface area contributed by atoms with E-state index in [-0.39, 0.29) is 30.3 Å². The van der Waals surface area contributed by atoms with Crippen molar-refractivity contribution in [1.29, 1.82) is 0 Å². The summed E-state index contributed by atoms with van der Waals surface area (Å²) in [4.78, 5) is 44.4. The number of carbonyl (C=O) groups excluding carboxylic acids is 3. The van der Waals surface area contributed by atoms with E-state index in [2.05, 4.69) is 17.1 Å². The zero-order chi connectivity index (χ0) is 20.6. The summed E-state index contributed by atoms with van der Waals surface area (Å²) in [7, 11) is 0. The first kappa shape index (κ1) is 19.9. The molecule has 0 bridgehead atoms. The first-order valence-electron chi connectivity index (χ1n) is 10.7. The molecular formula is C22H30N4O3. The number of amides is 3. The van der Waals surface area contributed by atoms with Crippen molar-refractivity contribution in [2.45, 2.75) is 57.7 Å². The molecule has 4 rings (SSSR count). The van der Waals surface area contributed by atoms with Gasteiger partial charge in [-0.15, -0.1) is 0 Å². The molecule has 3 heterocycles. The highest BCUT2D eigenvalue weighted by Crippen LogP contribution is 2.43. The zero-order valence-electron chi connectivity index (χ0n) is 17.3. The summed E-state index contributed by atoms with van der Waals surface area (Å²) in [6, 6.07) is 7.33. The van der Waals surface area contributed by atoms with Gasteiger partial charge in [0.1, 0.15) is 12.2 Å². The van der Waals surface area contributed by atoms with Crippen LogP contribution < -0.4 is 10.2 Å². The maximum Gasteiger partial charge on any atom is 0.258 e. The van der Waals surface area contributed by atoms with Gasteiger partial charge in [0, 0.05) is 25.6 Å². The largest absolute Gasteiger partial charge is 0.352 e. The van der Waals surface area contributed by atoms with E-state index >= 15 is 0 Å². The van der Waals surface area contributed by atoms with E-state index in [9.17, 15) is 14.4 Å². The predicted molar refractivity (Wildman–Crippen MR) is 110 cm³/mol. The molecule has 0 aliphatic carbocycles. The van der Waals surface area contributed by atoms with Gasteiger partial charge < -0.3 is 15.1 Å². The van der Waals surface area contributed by atoms with Crippen molar-refractivity contribution < 1.29 is 14.4 Å². The van der Waals surface area contributed by atoms with Crippen LogP contribution in [0.2, 0.25) is 0 Å². The van der Waals surface area contributed by atoms with Gasteiger partial charge in [-0.05, 0) is 51.3 Å². The van der Waals surface area contributed by atoms with Crippen molar-refractivity contribution >= 4 is 23.4 Å². The van der Waals surface area contributed by atoms with Gasteiger partial charge in [0.05, 0.1) is 11.3 Å². The third-order valence-electron chi connectivity index (χ3n) is 6.54. The van der Waals surface area contributed by atoms with Crippen molar-refractivity contribution in [3.05, 3.63) is 29.8 Å². The molecular weight excluding hydrogens is 368 g/mol. The molecule has 0 spiro atoms. The third-order valence-corrected chi connectivity index (χ3v) is 6.54. The number of likely N-dealkylation sites (tertiary alicyclic amines) is 1. The molecule has 0 radical (unpaired) electrons. The Balaban J connectivity index is 1.48. The van der Waals surface area contributed by atoms with Crippen LogP contribution in [0, 0.1) is 0 Å². The minimum absolute atomic E-state index is 0.00107. The van der Waals surface area contributed by atoms with Gasteiger partial charge in [0.25, 0.3) is 5.91 Å². The minimum Gasteiger partial charge on any atom is -0.352 e. The lowest BCUT2D eigenvalue weighted by Gasteiger charge is -2.48. The molecule has 7 nitrogen and oxygen atoms in total. The number of carbonyl (C=O) groups is 3. The van der Waals surface area contributed by atoms with E-state index in [0.717, 1.165) is 38.9 Å². The van der Waals surface area contributed by atoms with Crippen LogP contribution in [0.4, 0.5) is 5.69 Å². The summed E-state index contributed by atoms with van der Waals surface area (Å²) < 4.78 is 0. The second-order valence-corrected chi connectivity index (χ2v) is 8.54. The Hall–Kier alpha value is -2.41. The number of hydrogen-bond acceptors (Lipinski definition) is 4. The number of anilines is 1. The maximum absolute atomic E-state index is 13.2. The average molecular weight is 399 g/mol. The van der Waals surface area contributed by atoms with Crippen molar-refractivity contribution in [3.8, 4) is 0 Å². The Kier molecular flexibility index (Phi) is 5.34. The molecule has 1 atom stereocenters. The Bertz CT molecular complexity index is 818. The molecule has 1 N–H and O–H groups in total. The molecule has 0 aromatic heterocycles. The lowest BCUT2D eigenvalue weighted by Crippen LogP contribution is -2.64. The lowest BCUT2D eigenvalue weighted by molar-refractivity contribution is -0.124. The van der Waals surface area contributed by atoms with Crippen molar-refractivity contribution in [2.24, 2.45) is 0 Å². The number of nitrogens with zero attached hydrogens (tertiary/aromatic N) is 3. The quantitative estimate of drug-likeness (QED) is 0.823. The molecule has 1 aromatic carbocycles. The number of nitrogens with one attached hydrogen (secondary N) is 1. The number of rotatable bonds is 5.